The zero-order valence-corrected chi connectivity index (χ0v) is 18.5. The molecule has 0 heterocycles. The van der Waals surface area contributed by atoms with Crippen molar-refractivity contribution in [1.82, 2.24) is 0 Å². The maximum absolute atomic E-state index is 12.1. The molecule has 0 spiro atoms. The third kappa shape index (κ3) is 10.6. The lowest BCUT2D eigenvalue weighted by Crippen LogP contribution is -2.16. The molecule has 6 nitrogen and oxygen atoms in total. The molecule has 0 saturated carbocycles. The first-order chi connectivity index (χ1) is 15.7. The van der Waals surface area contributed by atoms with Crippen LogP contribution in [0.3, 0.4) is 0 Å². The first kappa shape index (κ1) is 25.6. The summed E-state index contributed by atoms with van der Waals surface area (Å²) in [7, 11) is 0. The summed E-state index contributed by atoms with van der Waals surface area (Å²) in [6, 6.07) is 16.9. The molecule has 0 aliphatic heterocycles. The number of carbonyl (C=O) groups is 2. The molecule has 0 aliphatic carbocycles. The van der Waals surface area contributed by atoms with Crippen molar-refractivity contribution in [1.29, 1.82) is 0 Å². The summed E-state index contributed by atoms with van der Waals surface area (Å²) in [5, 5.41) is 0. The fourth-order valence-corrected chi connectivity index (χ4v) is 3.02. The number of carbonyl (C=O) groups excluding carboxylic acids is 2. The second-order valence-electron chi connectivity index (χ2n) is 7.44. The SMILES string of the molecule is [CH2]CCCCCCCCCC[C](OOC(=O)c1ccccc1)OOC(=O)c1ccccc1. The third-order valence-electron chi connectivity index (χ3n) is 4.82. The van der Waals surface area contributed by atoms with Crippen molar-refractivity contribution in [3.8, 4) is 0 Å². The summed E-state index contributed by atoms with van der Waals surface area (Å²) in [6.45, 7) is 3.86. The van der Waals surface area contributed by atoms with Gasteiger partial charge in [0.1, 0.15) is 0 Å². The summed E-state index contributed by atoms with van der Waals surface area (Å²) in [5.74, 6) is -1.33. The highest BCUT2D eigenvalue weighted by Crippen LogP contribution is 2.19. The molecule has 2 aromatic carbocycles. The van der Waals surface area contributed by atoms with Crippen LogP contribution in [0.25, 0.3) is 0 Å². The largest absolute Gasteiger partial charge is 0.373 e. The van der Waals surface area contributed by atoms with E-state index >= 15 is 0 Å². The highest BCUT2D eigenvalue weighted by Gasteiger charge is 2.21. The van der Waals surface area contributed by atoms with Crippen LogP contribution in [0, 0.1) is 13.2 Å². The Labute approximate surface area is 190 Å². The molecule has 0 N–H and O–H groups in total. The van der Waals surface area contributed by atoms with Gasteiger partial charge in [0.15, 0.2) is 0 Å². The third-order valence-corrected chi connectivity index (χ3v) is 4.82. The maximum Gasteiger partial charge on any atom is 0.373 e. The van der Waals surface area contributed by atoms with Crippen molar-refractivity contribution in [3.63, 3.8) is 0 Å². The second-order valence-corrected chi connectivity index (χ2v) is 7.44. The van der Waals surface area contributed by atoms with Crippen LogP contribution >= 0.6 is 0 Å². The van der Waals surface area contributed by atoms with Gasteiger partial charge in [-0.2, -0.15) is 0 Å². The Morgan fingerprint density at radius 2 is 0.969 bits per heavy atom. The number of benzene rings is 2. The number of hydrogen-bond donors (Lipinski definition) is 0. The van der Waals surface area contributed by atoms with Crippen molar-refractivity contribution in [2.45, 2.75) is 64.2 Å². The summed E-state index contributed by atoms with van der Waals surface area (Å²) < 4.78 is 0. The lowest BCUT2D eigenvalue weighted by atomic mass is 10.1. The van der Waals surface area contributed by atoms with Crippen LogP contribution in [0.2, 0.25) is 0 Å². The molecule has 172 valence electrons. The van der Waals surface area contributed by atoms with Gasteiger partial charge in [-0.25, -0.2) is 9.59 Å². The Morgan fingerprint density at radius 3 is 1.41 bits per heavy atom. The van der Waals surface area contributed by atoms with Crippen LogP contribution in [0.4, 0.5) is 0 Å². The lowest BCUT2D eigenvalue weighted by Gasteiger charge is -2.13. The van der Waals surface area contributed by atoms with Crippen molar-refractivity contribution in [2.24, 2.45) is 0 Å². The average molecular weight is 441 g/mol. The molecule has 0 saturated heterocycles. The highest BCUT2D eigenvalue weighted by atomic mass is 17.3. The van der Waals surface area contributed by atoms with E-state index in [1.165, 1.54) is 32.1 Å². The second kappa shape index (κ2) is 16.0. The van der Waals surface area contributed by atoms with Crippen molar-refractivity contribution in [3.05, 3.63) is 85.0 Å². The smallest absolute Gasteiger partial charge is 0.289 e. The van der Waals surface area contributed by atoms with Gasteiger partial charge in [-0.3, -0.25) is 9.78 Å². The van der Waals surface area contributed by atoms with Gasteiger partial charge in [0, 0.05) is 6.42 Å². The molecule has 0 aromatic heterocycles. The minimum Gasteiger partial charge on any atom is -0.289 e. The van der Waals surface area contributed by atoms with E-state index in [1.54, 1.807) is 60.7 Å². The molecule has 0 amide bonds. The van der Waals surface area contributed by atoms with E-state index in [1.807, 2.05) is 0 Å². The van der Waals surface area contributed by atoms with E-state index in [-0.39, 0.29) is 6.29 Å². The van der Waals surface area contributed by atoms with Crippen LogP contribution in [0.15, 0.2) is 60.7 Å². The zero-order valence-electron chi connectivity index (χ0n) is 18.5. The van der Waals surface area contributed by atoms with E-state index in [9.17, 15) is 9.59 Å². The minimum atomic E-state index is -0.664. The molecule has 0 atom stereocenters. The molecule has 2 radical (unpaired) electrons. The van der Waals surface area contributed by atoms with Crippen molar-refractivity contribution in [2.75, 3.05) is 0 Å². The van der Waals surface area contributed by atoms with Crippen LogP contribution in [0.1, 0.15) is 84.9 Å². The summed E-state index contributed by atoms with van der Waals surface area (Å²) in [4.78, 5) is 44.1. The lowest BCUT2D eigenvalue weighted by molar-refractivity contribution is -0.363. The summed E-state index contributed by atoms with van der Waals surface area (Å²) in [6.07, 6.45) is 10.1. The van der Waals surface area contributed by atoms with Gasteiger partial charge in [0.2, 0.25) is 0 Å². The first-order valence-electron chi connectivity index (χ1n) is 11.2. The van der Waals surface area contributed by atoms with Gasteiger partial charge in [-0.05, 0) is 30.7 Å². The molecule has 0 fully saturated rings. The van der Waals surface area contributed by atoms with E-state index in [2.05, 4.69) is 6.92 Å². The van der Waals surface area contributed by atoms with Gasteiger partial charge in [-0.15, -0.1) is 9.78 Å². The minimum absolute atomic E-state index is 0.0750. The molecule has 2 aromatic rings. The summed E-state index contributed by atoms with van der Waals surface area (Å²) >= 11 is 0. The fraction of sp³-hybridized carbons (Fsp3) is 0.385. The molecule has 0 unspecified atom stereocenters. The van der Waals surface area contributed by atoms with Crippen molar-refractivity contribution < 1.29 is 29.1 Å². The quantitative estimate of drug-likeness (QED) is 0.163. The Balaban J connectivity index is 1.75. The van der Waals surface area contributed by atoms with Crippen LogP contribution in [-0.4, -0.2) is 11.9 Å². The molecule has 0 bridgehead atoms. The van der Waals surface area contributed by atoms with Crippen LogP contribution < -0.4 is 0 Å². The Bertz CT molecular complexity index is 707. The predicted molar refractivity (Wildman–Crippen MR) is 121 cm³/mol. The van der Waals surface area contributed by atoms with E-state index in [4.69, 9.17) is 19.6 Å². The molecule has 6 heteroatoms. The maximum atomic E-state index is 12.1. The summed E-state index contributed by atoms with van der Waals surface area (Å²) in [5.41, 5.74) is 0.680. The molecule has 2 rings (SSSR count). The van der Waals surface area contributed by atoms with Crippen LogP contribution in [0.5, 0.6) is 0 Å². The molecular weight excluding hydrogens is 408 g/mol. The van der Waals surface area contributed by atoms with E-state index in [0.717, 1.165) is 25.7 Å². The van der Waals surface area contributed by atoms with E-state index in [0.29, 0.717) is 17.5 Å². The topological polar surface area (TPSA) is 71.1 Å². The van der Waals surface area contributed by atoms with E-state index < -0.39 is 11.9 Å². The van der Waals surface area contributed by atoms with Gasteiger partial charge < -0.3 is 0 Å². The first-order valence-corrected chi connectivity index (χ1v) is 11.2. The molecular formula is C26H32O6. The standard InChI is InChI=1S/C26H32O6/c1-2-3-4-5-6-7-8-9-16-21-24(29-31-25(27)22-17-12-10-13-18-22)30-32-26(28)23-19-14-11-15-20-23/h10-15,17-20H,1-9,16,21H2. The molecule has 32 heavy (non-hydrogen) atoms. The highest BCUT2D eigenvalue weighted by molar-refractivity contribution is 5.89. The van der Waals surface area contributed by atoms with Crippen molar-refractivity contribution >= 4 is 11.9 Å². The van der Waals surface area contributed by atoms with Crippen LogP contribution in [-0.2, 0) is 19.6 Å². The number of unbranched alkanes of at least 4 members (excludes halogenated alkanes) is 8. The van der Waals surface area contributed by atoms with Gasteiger partial charge >= 0.3 is 18.2 Å². The fourth-order valence-electron chi connectivity index (χ4n) is 3.02. The van der Waals surface area contributed by atoms with Gasteiger partial charge in [-0.1, -0.05) is 94.7 Å². The number of hydrogen-bond acceptors (Lipinski definition) is 6. The Hall–Kier alpha value is -2.70. The predicted octanol–water partition coefficient (Wildman–Crippen LogP) is 6.79. The van der Waals surface area contributed by atoms with Gasteiger partial charge in [0.25, 0.3) is 0 Å². The Kier molecular flexibility index (Phi) is 12.8. The van der Waals surface area contributed by atoms with Gasteiger partial charge in [0.05, 0.1) is 11.1 Å². The Morgan fingerprint density at radius 1 is 0.562 bits per heavy atom. The zero-order chi connectivity index (χ0) is 22.9. The normalized spacial score (nSPS) is 10.8. The number of rotatable bonds is 16. The molecule has 0 aliphatic rings. The monoisotopic (exact) mass is 440 g/mol. The average Bonchev–Trinajstić information content (AvgIpc) is 2.84.